The number of rotatable bonds is 10. The van der Waals surface area contributed by atoms with Crippen LogP contribution in [0, 0.1) is 0 Å². The summed E-state index contributed by atoms with van der Waals surface area (Å²) in [6, 6.07) is 7.85. The number of nitrogens with zero attached hydrogens (tertiary/aromatic N) is 1. The first-order valence-electron chi connectivity index (χ1n) is 8.32. The van der Waals surface area contributed by atoms with Crippen molar-refractivity contribution in [3.8, 4) is 0 Å². The number of hydroxylamine groups is 1. The van der Waals surface area contributed by atoms with Crippen molar-refractivity contribution in [1.29, 1.82) is 0 Å². The molecule has 2 amide bonds. The maximum absolute atomic E-state index is 11.8. The summed E-state index contributed by atoms with van der Waals surface area (Å²) in [5.74, 6) is 0.552. The fourth-order valence-corrected chi connectivity index (χ4v) is 2.51. The van der Waals surface area contributed by atoms with Crippen LogP contribution in [0.1, 0.15) is 44.3 Å². The zero-order valence-electron chi connectivity index (χ0n) is 13.7. The number of hydrogen-bond donors (Lipinski definition) is 4. The molecule has 0 unspecified atom stereocenters. The van der Waals surface area contributed by atoms with E-state index < -0.39 is 0 Å². The second-order valence-corrected chi connectivity index (χ2v) is 5.75. The summed E-state index contributed by atoms with van der Waals surface area (Å²) in [6.45, 7) is 0.565. The normalized spacial score (nSPS) is 10.7. The third kappa shape index (κ3) is 6.00. The Hall–Kier alpha value is -2.41. The third-order valence-corrected chi connectivity index (χ3v) is 3.80. The van der Waals surface area contributed by atoms with Gasteiger partial charge in [0.15, 0.2) is 0 Å². The highest BCUT2D eigenvalue weighted by molar-refractivity contribution is 5.76. The van der Waals surface area contributed by atoms with Crippen molar-refractivity contribution in [2.45, 2.75) is 44.9 Å². The van der Waals surface area contributed by atoms with Gasteiger partial charge in [0, 0.05) is 25.8 Å². The number of fused-ring (bicyclic) bond motifs is 1. The van der Waals surface area contributed by atoms with Crippen LogP contribution in [0.15, 0.2) is 24.3 Å². The molecule has 2 rings (SSSR count). The number of carbonyl (C=O) groups excluding carboxylic acids is 2. The molecule has 1 heterocycles. The fourth-order valence-electron chi connectivity index (χ4n) is 2.51. The largest absolute Gasteiger partial charge is 0.356 e. The van der Waals surface area contributed by atoms with Crippen molar-refractivity contribution in [3.63, 3.8) is 0 Å². The van der Waals surface area contributed by atoms with Crippen LogP contribution < -0.4 is 10.8 Å². The highest BCUT2D eigenvalue weighted by Gasteiger charge is 2.04. The highest BCUT2D eigenvalue weighted by Crippen LogP contribution is 2.10. The molecular weight excluding hydrogens is 308 g/mol. The van der Waals surface area contributed by atoms with E-state index in [-0.39, 0.29) is 11.8 Å². The number of nitrogens with one attached hydrogen (secondary N) is 3. The van der Waals surface area contributed by atoms with Gasteiger partial charge in [-0.1, -0.05) is 25.0 Å². The van der Waals surface area contributed by atoms with Crippen LogP contribution in [0.2, 0.25) is 0 Å². The molecule has 7 nitrogen and oxygen atoms in total. The maximum Gasteiger partial charge on any atom is 0.243 e. The van der Waals surface area contributed by atoms with Gasteiger partial charge in [-0.25, -0.2) is 10.5 Å². The van der Waals surface area contributed by atoms with E-state index in [0.717, 1.165) is 42.5 Å². The van der Waals surface area contributed by atoms with Crippen LogP contribution >= 0.6 is 0 Å². The molecule has 0 saturated carbocycles. The maximum atomic E-state index is 11.8. The number of benzene rings is 1. The van der Waals surface area contributed by atoms with E-state index in [1.807, 2.05) is 24.3 Å². The molecule has 130 valence electrons. The first-order chi connectivity index (χ1) is 11.7. The molecule has 0 aliphatic carbocycles. The predicted octanol–water partition coefficient (Wildman–Crippen LogP) is 2.07. The van der Waals surface area contributed by atoms with Crippen molar-refractivity contribution in [1.82, 2.24) is 20.8 Å². The number of unbranched alkanes of at least 4 members (excludes halogenated alkanes) is 3. The van der Waals surface area contributed by atoms with Gasteiger partial charge in [-0.2, -0.15) is 0 Å². The topological polar surface area (TPSA) is 107 Å². The zero-order chi connectivity index (χ0) is 17.2. The van der Waals surface area contributed by atoms with Crippen LogP contribution in [0.3, 0.4) is 0 Å². The molecule has 4 N–H and O–H groups in total. The monoisotopic (exact) mass is 332 g/mol. The van der Waals surface area contributed by atoms with E-state index in [1.54, 1.807) is 5.48 Å². The Kier molecular flexibility index (Phi) is 7.22. The second kappa shape index (κ2) is 9.67. The zero-order valence-corrected chi connectivity index (χ0v) is 13.7. The molecule has 24 heavy (non-hydrogen) atoms. The lowest BCUT2D eigenvalue weighted by atomic mass is 10.1. The fraction of sp³-hybridized carbons (Fsp3) is 0.471. The van der Waals surface area contributed by atoms with Crippen LogP contribution in [-0.2, 0) is 16.0 Å². The lowest BCUT2D eigenvalue weighted by molar-refractivity contribution is -0.129. The molecule has 7 heteroatoms. The van der Waals surface area contributed by atoms with E-state index >= 15 is 0 Å². The minimum Gasteiger partial charge on any atom is -0.356 e. The van der Waals surface area contributed by atoms with Crippen molar-refractivity contribution in [2.75, 3.05) is 6.54 Å². The Bertz CT molecular complexity index is 636. The smallest absolute Gasteiger partial charge is 0.243 e. The number of aromatic amines is 1. The average molecular weight is 332 g/mol. The number of amides is 2. The SMILES string of the molecule is O=C(CCCCCCC(=O)NCCc1nc2ccccc2[nH]1)NO. The average Bonchev–Trinajstić information content (AvgIpc) is 3.00. The number of para-hydroxylation sites is 2. The van der Waals surface area contributed by atoms with E-state index in [2.05, 4.69) is 15.3 Å². The molecule has 0 saturated heterocycles. The van der Waals surface area contributed by atoms with Crippen LogP contribution in [0.4, 0.5) is 0 Å². The summed E-state index contributed by atoms with van der Waals surface area (Å²) < 4.78 is 0. The Morgan fingerprint density at radius 2 is 1.75 bits per heavy atom. The molecule has 1 aromatic heterocycles. The van der Waals surface area contributed by atoms with Gasteiger partial charge < -0.3 is 10.3 Å². The summed E-state index contributed by atoms with van der Waals surface area (Å²) in [5.41, 5.74) is 3.56. The number of H-pyrrole nitrogens is 1. The van der Waals surface area contributed by atoms with Crippen LogP contribution in [-0.4, -0.2) is 33.5 Å². The van der Waals surface area contributed by atoms with Crippen LogP contribution in [0.5, 0.6) is 0 Å². The summed E-state index contributed by atoms with van der Waals surface area (Å²) in [7, 11) is 0. The molecule has 0 aliphatic heterocycles. The first kappa shape index (κ1) is 17.9. The highest BCUT2D eigenvalue weighted by atomic mass is 16.5. The van der Waals surface area contributed by atoms with Crippen molar-refractivity contribution < 1.29 is 14.8 Å². The standard InChI is InChI=1S/C17H24N4O3/c22-16(9-3-1-2-4-10-17(23)21-24)18-12-11-15-19-13-7-5-6-8-14(13)20-15/h5-8,24H,1-4,9-12H2,(H,18,22)(H,19,20)(H,21,23). The molecule has 0 atom stereocenters. The van der Waals surface area contributed by atoms with Gasteiger partial charge in [0.1, 0.15) is 5.82 Å². The minimum absolute atomic E-state index is 0.0409. The quantitative estimate of drug-likeness (QED) is 0.303. The Labute approximate surface area is 140 Å². The summed E-state index contributed by atoms with van der Waals surface area (Å²) in [4.78, 5) is 30.3. The van der Waals surface area contributed by atoms with E-state index in [1.165, 1.54) is 0 Å². The second-order valence-electron chi connectivity index (χ2n) is 5.75. The van der Waals surface area contributed by atoms with Gasteiger partial charge in [0.05, 0.1) is 11.0 Å². The third-order valence-electron chi connectivity index (χ3n) is 3.80. The number of carbonyl (C=O) groups is 2. The predicted molar refractivity (Wildman–Crippen MR) is 90.4 cm³/mol. The number of imidazole rings is 1. The lowest BCUT2D eigenvalue weighted by Crippen LogP contribution is -2.25. The van der Waals surface area contributed by atoms with Crippen molar-refractivity contribution in [3.05, 3.63) is 30.1 Å². The van der Waals surface area contributed by atoms with Gasteiger partial charge in [0.25, 0.3) is 0 Å². The number of aromatic nitrogens is 2. The van der Waals surface area contributed by atoms with E-state index in [9.17, 15) is 9.59 Å². The molecule has 0 bridgehead atoms. The van der Waals surface area contributed by atoms with Gasteiger partial charge in [-0.15, -0.1) is 0 Å². The molecule has 0 fully saturated rings. The van der Waals surface area contributed by atoms with E-state index in [0.29, 0.717) is 25.8 Å². The number of hydrogen-bond acceptors (Lipinski definition) is 4. The van der Waals surface area contributed by atoms with Crippen molar-refractivity contribution in [2.24, 2.45) is 0 Å². The molecular formula is C17H24N4O3. The van der Waals surface area contributed by atoms with Gasteiger partial charge >= 0.3 is 0 Å². The summed E-state index contributed by atoms with van der Waals surface area (Å²) in [5, 5.41) is 11.3. The van der Waals surface area contributed by atoms with Gasteiger partial charge in [0.2, 0.25) is 11.8 Å². The Morgan fingerprint density at radius 1 is 1.04 bits per heavy atom. The van der Waals surface area contributed by atoms with Gasteiger partial charge in [-0.05, 0) is 25.0 Å². The molecule has 0 radical (unpaired) electrons. The summed E-state index contributed by atoms with van der Waals surface area (Å²) in [6.07, 6.45) is 4.79. The first-order valence-corrected chi connectivity index (χ1v) is 8.32. The minimum atomic E-state index is -0.363. The molecule has 0 aliphatic rings. The molecule has 0 spiro atoms. The van der Waals surface area contributed by atoms with E-state index in [4.69, 9.17) is 5.21 Å². The molecule has 1 aromatic carbocycles. The van der Waals surface area contributed by atoms with Crippen LogP contribution in [0.25, 0.3) is 11.0 Å². The summed E-state index contributed by atoms with van der Waals surface area (Å²) >= 11 is 0. The lowest BCUT2D eigenvalue weighted by Gasteiger charge is -2.04. The van der Waals surface area contributed by atoms with Crippen molar-refractivity contribution >= 4 is 22.8 Å². The van der Waals surface area contributed by atoms with Gasteiger partial charge in [-0.3, -0.25) is 14.8 Å². The Morgan fingerprint density at radius 3 is 2.46 bits per heavy atom. The Balaban J connectivity index is 1.54. The molecule has 2 aromatic rings.